The van der Waals surface area contributed by atoms with Crippen LogP contribution in [0.4, 0.5) is 17.2 Å². The predicted molar refractivity (Wildman–Crippen MR) is 288 cm³/mol. The zero-order chi connectivity index (χ0) is 55.8. The summed E-state index contributed by atoms with van der Waals surface area (Å²) in [4.78, 5) is 89.3. The summed E-state index contributed by atoms with van der Waals surface area (Å²) in [6.07, 6.45) is 2.50. The van der Waals surface area contributed by atoms with Crippen molar-refractivity contribution in [1.82, 2.24) is 56.1 Å². The Morgan fingerprint density at radius 2 is 1.56 bits per heavy atom. The van der Waals surface area contributed by atoms with Gasteiger partial charge in [0.15, 0.2) is 23.1 Å². The van der Waals surface area contributed by atoms with Gasteiger partial charge in [-0.15, -0.1) is 21.5 Å². The van der Waals surface area contributed by atoms with Crippen molar-refractivity contribution in [2.75, 3.05) is 77.5 Å². The molecule has 1 aliphatic carbocycles. The van der Waals surface area contributed by atoms with E-state index in [0.717, 1.165) is 34.5 Å². The Kier molecular flexibility index (Phi) is 20.7. The highest BCUT2D eigenvalue weighted by molar-refractivity contribution is 7.13. The number of hydrogen-bond donors (Lipinski definition) is 7. The van der Waals surface area contributed by atoms with E-state index in [1.54, 1.807) is 46.1 Å². The lowest BCUT2D eigenvalue weighted by Crippen LogP contribution is -2.57. The molecule has 1 saturated carbocycles. The lowest BCUT2D eigenvalue weighted by molar-refractivity contribution is -0.144. The number of hydrogen-bond acceptors (Lipinski definition) is 18. The van der Waals surface area contributed by atoms with Crippen molar-refractivity contribution in [3.8, 4) is 27.6 Å². The zero-order valence-electron chi connectivity index (χ0n) is 44.8. The third-order valence-electron chi connectivity index (χ3n) is 12.8. The van der Waals surface area contributed by atoms with E-state index in [2.05, 4.69) is 57.2 Å². The van der Waals surface area contributed by atoms with Crippen LogP contribution in [0, 0.1) is 18.3 Å². The highest BCUT2D eigenvalue weighted by Crippen LogP contribution is 2.38. The molecule has 2 fully saturated rings. The van der Waals surface area contributed by atoms with Crippen LogP contribution in [0.15, 0.2) is 60.4 Å². The topological polar surface area (TPSA) is 304 Å². The summed E-state index contributed by atoms with van der Waals surface area (Å²) in [7, 11) is 2.97. The number of thiazole rings is 1. The third-order valence-corrected chi connectivity index (χ3v) is 13.7. The van der Waals surface area contributed by atoms with Gasteiger partial charge in [0, 0.05) is 57.9 Å². The summed E-state index contributed by atoms with van der Waals surface area (Å²) in [5, 5.41) is 40.3. The number of benzene rings is 2. The lowest BCUT2D eigenvalue weighted by Gasteiger charge is -2.35. The van der Waals surface area contributed by atoms with E-state index in [9.17, 15) is 33.9 Å². The maximum atomic E-state index is 14.0. The molecule has 0 bridgehead atoms. The number of aromatic nitrogens is 6. The molecule has 0 spiro atoms. The van der Waals surface area contributed by atoms with Crippen LogP contribution in [0.1, 0.15) is 74.6 Å². The first-order valence-electron chi connectivity index (χ1n) is 25.8. The number of aliphatic hydroxyl groups excluding tert-OH is 1. The minimum Gasteiger partial charge on any atom is -0.494 e. The first-order valence-corrected chi connectivity index (χ1v) is 26.7. The zero-order valence-corrected chi connectivity index (χ0v) is 45.6. The minimum atomic E-state index is -0.959. The minimum absolute atomic E-state index is 0.0112. The summed E-state index contributed by atoms with van der Waals surface area (Å²) in [5.74, 6) is -1.16. The van der Waals surface area contributed by atoms with Crippen molar-refractivity contribution < 1.29 is 52.8 Å². The number of amides is 6. The normalized spacial score (nSPS) is 15.6. The second-order valence-corrected chi connectivity index (χ2v) is 20.7. The Morgan fingerprint density at radius 3 is 2.22 bits per heavy atom. The fourth-order valence-corrected chi connectivity index (χ4v) is 9.21. The van der Waals surface area contributed by atoms with Crippen LogP contribution in [-0.2, 0) is 51.3 Å². The van der Waals surface area contributed by atoms with Crippen molar-refractivity contribution in [3.05, 3.63) is 77.3 Å². The molecular formula is C53H69N13O11S. The molecule has 3 aromatic heterocycles. The molecule has 5 aromatic rings. The van der Waals surface area contributed by atoms with Crippen molar-refractivity contribution in [1.29, 1.82) is 0 Å². The quantitative estimate of drug-likeness (QED) is 0.0353. The molecule has 7 rings (SSSR count). The fourth-order valence-electron chi connectivity index (χ4n) is 8.39. The smallest absolute Gasteiger partial charge is 0.273 e. The van der Waals surface area contributed by atoms with Gasteiger partial charge in [0.25, 0.3) is 5.91 Å². The number of aliphatic hydroxyl groups is 1. The molecule has 0 unspecified atom stereocenters. The van der Waals surface area contributed by atoms with Crippen LogP contribution in [0.5, 0.6) is 5.75 Å². The number of aryl methyl sites for hydroxylation is 1. The van der Waals surface area contributed by atoms with Crippen molar-refractivity contribution in [2.45, 2.75) is 91.1 Å². The predicted octanol–water partition coefficient (Wildman–Crippen LogP) is 3.38. The van der Waals surface area contributed by atoms with E-state index in [1.807, 2.05) is 52.0 Å². The van der Waals surface area contributed by atoms with Gasteiger partial charge in [-0.2, -0.15) is 5.10 Å². The van der Waals surface area contributed by atoms with E-state index in [0.29, 0.717) is 35.1 Å². The number of carbonyl (C=O) groups excluding carboxylic acids is 6. The van der Waals surface area contributed by atoms with Crippen LogP contribution in [0.3, 0.4) is 0 Å². The molecule has 6 amide bonds. The third kappa shape index (κ3) is 16.3. The number of carbonyl (C=O) groups is 6. The lowest BCUT2D eigenvalue weighted by atomic mass is 9.85. The average Bonchev–Trinajstić information content (AvgIpc) is 3.82. The van der Waals surface area contributed by atoms with E-state index in [1.165, 1.54) is 25.1 Å². The second-order valence-electron chi connectivity index (χ2n) is 19.8. The van der Waals surface area contributed by atoms with Gasteiger partial charge in [-0.05, 0) is 48.4 Å². The maximum Gasteiger partial charge on any atom is 0.273 e. The number of nitrogens with one attached hydrogen (secondary N) is 6. The summed E-state index contributed by atoms with van der Waals surface area (Å²) in [6, 6.07) is 12.8. The number of para-hydroxylation sites is 1. The van der Waals surface area contributed by atoms with E-state index < -0.39 is 41.3 Å². The maximum absolute atomic E-state index is 14.0. The molecule has 78 heavy (non-hydrogen) atoms. The Hall–Kier alpha value is -7.45. The van der Waals surface area contributed by atoms with Gasteiger partial charge in [-0.25, -0.2) is 9.97 Å². The summed E-state index contributed by atoms with van der Waals surface area (Å²) in [6.45, 7) is 9.54. The van der Waals surface area contributed by atoms with Gasteiger partial charge in [0.2, 0.25) is 29.5 Å². The molecular weight excluding hydrogens is 1030 g/mol. The van der Waals surface area contributed by atoms with E-state index in [4.69, 9.17) is 18.9 Å². The number of methoxy groups -OCH3 is 1. The average molecular weight is 1100 g/mol. The van der Waals surface area contributed by atoms with Crippen molar-refractivity contribution in [2.24, 2.45) is 11.3 Å². The van der Waals surface area contributed by atoms with Crippen LogP contribution >= 0.6 is 11.3 Å². The number of anilines is 3. The summed E-state index contributed by atoms with van der Waals surface area (Å²) in [5.41, 5.74) is 5.32. The number of β-amino-alcohol motifs (C(OH)–C–C–N with tert-alkyl or cyclic N) is 1. The molecule has 25 heteroatoms. The number of rotatable bonds is 28. The van der Waals surface area contributed by atoms with Crippen molar-refractivity contribution >= 4 is 64.0 Å². The SMILES string of the molecule is CNC(=O)c1nnc(NC(=O)C2CC2)cc1Nc1cccc(-c2ncn(CCNC(=O)CCOCCOCCOCCC(=O)N[C@H](C(=O)N3C[C@H](O)C[C@H]3C(=O)NCc3ccc(-c4scnc4C)cc3)C(C)(C)C)n2)c1OC. The van der Waals surface area contributed by atoms with E-state index in [-0.39, 0.29) is 114 Å². The number of likely N-dealkylation sites (tertiary alicyclic amines) is 1. The van der Waals surface area contributed by atoms with Crippen LogP contribution < -0.4 is 36.6 Å². The van der Waals surface area contributed by atoms with Gasteiger partial charge in [0.05, 0.1) is 92.4 Å². The van der Waals surface area contributed by atoms with Crippen LogP contribution in [0.25, 0.3) is 21.8 Å². The highest BCUT2D eigenvalue weighted by Gasteiger charge is 2.44. The van der Waals surface area contributed by atoms with Gasteiger partial charge in [0.1, 0.15) is 18.4 Å². The number of nitrogens with zero attached hydrogens (tertiary/aromatic N) is 7. The molecule has 2 aliphatic rings. The molecule has 418 valence electrons. The Balaban J connectivity index is 0.748. The monoisotopic (exact) mass is 1100 g/mol. The molecule has 24 nitrogen and oxygen atoms in total. The first kappa shape index (κ1) is 58.2. The number of ether oxygens (including phenoxy) is 4. The Morgan fingerprint density at radius 1 is 0.859 bits per heavy atom. The second kappa shape index (κ2) is 27.7. The summed E-state index contributed by atoms with van der Waals surface area (Å²) < 4.78 is 24.1. The van der Waals surface area contributed by atoms with Gasteiger partial charge >= 0.3 is 0 Å². The fraction of sp³-hybridized carbons (Fsp3) is 0.491. The van der Waals surface area contributed by atoms with Crippen molar-refractivity contribution in [3.63, 3.8) is 0 Å². The molecule has 3 atom stereocenters. The van der Waals surface area contributed by atoms with Gasteiger partial charge in [-0.3, -0.25) is 33.4 Å². The summed E-state index contributed by atoms with van der Waals surface area (Å²) >= 11 is 1.56. The molecule has 2 aromatic carbocycles. The van der Waals surface area contributed by atoms with E-state index >= 15 is 0 Å². The molecule has 1 aliphatic heterocycles. The first-order chi connectivity index (χ1) is 37.5. The molecule has 4 heterocycles. The standard InChI is InChI=1S/C53H69N13O11S/c1-32-46(78-31-58-32)34-12-10-33(11-13-34)28-56-50(71)40-26-36(67)29-66(40)52(73)47(53(2,3)4)61-43(69)17-21-76-23-25-77-24-22-75-20-16-42(68)55-18-19-65-30-57-48(64-65)37-8-7-9-38(45(37)74-6)59-39-27-41(60-49(70)35-14-15-35)62-63-44(39)51(72)54-5/h7-13,27,30-31,35-36,40,47,67H,14-26,28-29H2,1-6H3,(H,54,72)(H,55,68)(H,56,71)(H,61,69)(H2,59,60,62,70)/t36-,40+,47-/m1/s1. The largest absolute Gasteiger partial charge is 0.494 e. The Labute approximate surface area is 456 Å². The van der Waals surface area contributed by atoms with Crippen LogP contribution in [-0.4, -0.2) is 160 Å². The van der Waals surface area contributed by atoms with Gasteiger partial charge in [-0.1, -0.05) is 51.1 Å². The molecule has 0 radical (unpaired) electrons. The van der Waals surface area contributed by atoms with Crippen LogP contribution in [0.2, 0.25) is 0 Å². The Bertz CT molecular complexity index is 2870. The highest BCUT2D eigenvalue weighted by atomic mass is 32.1. The molecule has 7 N–H and O–H groups in total. The van der Waals surface area contributed by atoms with Gasteiger partial charge < -0.3 is 60.9 Å². The molecule has 1 saturated heterocycles.